The van der Waals surface area contributed by atoms with Crippen LogP contribution in [-0.2, 0) is 35.3 Å². The van der Waals surface area contributed by atoms with Crippen LogP contribution in [0.1, 0.15) is 55.5 Å². The number of benzene rings is 3. The van der Waals surface area contributed by atoms with Crippen molar-refractivity contribution in [2.24, 2.45) is 5.92 Å². The molecule has 0 aliphatic heterocycles. The van der Waals surface area contributed by atoms with Crippen molar-refractivity contribution in [1.29, 1.82) is 0 Å². The molecule has 0 bridgehead atoms. The molecule has 0 radical (unpaired) electrons. The lowest BCUT2D eigenvalue weighted by Gasteiger charge is -2.29. The number of hydrogen-bond donors (Lipinski definition) is 4. The molecule has 3 aromatic carbocycles. The monoisotopic (exact) mass is 654 g/mol. The molecule has 1 aliphatic rings. The van der Waals surface area contributed by atoms with E-state index < -0.39 is 41.9 Å². The highest BCUT2D eigenvalue weighted by molar-refractivity contribution is 5.80. The highest BCUT2D eigenvalue weighted by atomic mass is 16.6. The van der Waals surface area contributed by atoms with Gasteiger partial charge in [0.2, 0.25) is 5.91 Å². The van der Waals surface area contributed by atoms with E-state index in [4.69, 9.17) is 9.47 Å². The molecular formula is C38H46N4O6. The zero-order valence-electron chi connectivity index (χ0n) is 27.8. The number of carbonyl (C=O) groups is 2. The summed E-state index contributed by atoms with van der Waals surface area (Å²) in [6.07, 6.45) is 4.05. The molecular weight excluding hydrogens is 608 g/mol. The largest absolute Gasteiger partial charge is 0.492 e. The van der Waals surface area contributed by atoms with E-state index in [-0.39, 0.29) is 12.3 Å². The van der Waals surface area contributed by atoms with Gasteiger partial charge in [-0.05, 0) is 74.4 Å². The quantitative estimate of drug-likeness (QED) is 0.154. The van der Waals surface area contributed by atoms with Gasteiger partial charge in [-0.3, -0.25) is 4.79 Å². The van der Waals surface area contributed by atoms with Gasteiger partial charge in [0.15, 0.2) is 0 Å². The summed E-state index contributed by atoms with van der Waals surface area (Å²) in [5.41, 5.74) is 2.98. The summed E-state index contributed by atoms with van der Waals surface area (Å²) in [7, 11) is 0. The van der Waals surface area contributed by atoms with Crippen LogP contribution < -0.4 is 15.4 Å². The number of carbonyl (C=O) groups excluding carboxylic acids is 2. The smallest absolute Gasteiger partial charge is 0.407 e. The van der Waals surface area contributed by atoms with Crippen molar-refractivity contribution in [3.8, 4) is 5.75 Å². The van der Waals surface area contributed by atoms with Crippen LogP contribution in [0.5, 0.6) is 5.75 Å². The van der Waals surface area contributed by atoms with Gasteiger partial charge in [-0.2, -0.15) is 0 Å². The Bertz CT molecular complexity index is 1600. The van der Waals surface area contributed by atoms with E-state index >= 15 is 0 Å². The van der Waals surface area contributed by atoms with Crippen molar-refractivity contribution < 1.29 is 29.3 Å². The van der Waals surface area contributed by atoms with Gasteiger partial charge in [-0.1, -0.05) is 66.7 Å². The minimum absolute atomic E-state index is 0.0623. The first-order valence-electron chi connectivity index (χ1n) is 16.5. The average molecular weight is 655 g/mol. The lowest BCUT2D eigenvalue weighted by molar-refractivity contribution is -0.127. The second-order valence-corrected chi connectivity index (χ2v) is 13.4. The van der Waals surface area contributed by atoms with Crippen molar-refractivity contribution in [3.63, 3.8) is 0 Å². The molecule has 4 aromatic rings. The predicted molar refractivity (Wildman–Crippen MR) is 182 cm³/mol. The summed E-state index contributed by atoms with van der Waals surface area (Å²) in [5, 5.41) is 28.5. The van der Waals surface area contributed by atoms with E-state index in [0.717, 1.165) is 22.3 Å². The normalized spacial score (nSPS) is 17.5. The van der Waals surface area contributed by atoms with Crippen LogP contribution >= 0.6 is 0 Å². The number of rotatable bonds is 14. The van der Waals surface area contributed by atoms with Gasteiger partial charge >= 0.3 is 6.09 Å². The summed E-state index contributed by atoms with van der Waals surface area (Å²) < 4.78 is 13.3. The summed E-state index contributed by atoms with van der Waals surface area (Å²) in [6, 6.07) is 23.6. The fourth-order valence-electron chi connectivity index (χ4n) is 6.06. The number of hydrogen-bond acceptors (Lipinski definition) is 7. The number of alkyl carbamates (subject to hydrolysis) is 1. The minimum Gasteiger partial charge on any atom is -0.492 e. The number of imidazole rings is 1. The van der Waals surface area contributed by atoms with Crippen molar-refractivity contribution in [2.75, 3.05) is 6.61 Å². The standard InChI is InChI=1S/C38H46N4O6/c1-38(2,3)48-37(46)40-32(22-26-9-5-4-6-10-26)33(43)24-29(36(45)41-35-31-12-8-7-11-28(31)23-34(35)44)21-27-13-15-30(16-14-27)47-20-19-42-18-17-39-25-42/h4-18,25,29,32-35,43-44H,19-24H2,1-3H3,(H,40,46)(H,41,45). The van der Waals surface area contributed by atoms with Gasteiger partial charge in [0.05, 0.1) is 37.2 Å². The van der Waals surface area contributed by atoms with Gasteiger partial charge in [0, 0.05) is 24.7 Å². The lowest BCUT2D eigenvalue weighted by atomic mass is 9.88. The van der Waals surface area contributed by atoms with Crippen molar-refractivity contribution in [3.05, 3.63) is 120 Å². The number of aliphatic hydroxyl groups excluding tert-OH is 2. The number of amides is 2. The summed E-state index contributed by atoms with van der Waals surface area (Å²) >= 11 is 0. The molecule has 1 aromatic heterocycles. The molecule has 4 N–H and O–H groups in total. The molecule has 5 atom stereocenters. The number of aromatic nitrogens is 2. The first-order valence-corrected chi connectivity index (χ1v) is 16.5. The Kier molecular flexibility index (Phi) is 11.5. The Balaban J connectivity index is 1.33. The zero-order valence-corrected chi connectivity index (χ0v) is 27.8. The lowest BCUT2D eigenvalue weighted by Crippen LogP contribution is -2.48. The Morgan fingerprint density at radius 3 is 2.40 bits per heavy atom. The SMILES string of the molecule is CC(C)(C)OC(=O)NC(Cc1ccccc1)C(O)CC(Cc1ccc(OCCn2ccnc2)cc1)C(=O)NC1c2ccccc2CC1O. The number of nitrogens with zero attached hydrogens (tertiary/aromatic N) is 2. The van der Waals surface area contributed by atoms with Gasteiger partial charge in [0.25, 0.3) is 0 Å². The number of ether oxygens (including phenoxy) is 2. The van der Waals surface area contributed by atoms with Crippen LogP contribution in [0.2, 0.25) is 0 Å². The molecule has 2 amide bonds. The van der Waals surface area contributed by atoms with Gasteiger partial charge in [-0.25, -0.2) is 9.78 Å². The molecule has 0 fully saturated rings. The summed E-state index contributed by atoms with van der Waals surface area (Å²) in [6.45, 7) is 6.48. The number of nitrogens with one attached hydrogen (secondary N) is 2. The van der Waals surface area contributed by atoms with E-state index in [2.05, 4.69) is 15.6 Å². The molecule has 10 nitrogen and oxygen atoms in total. The third-order valence-electron chi connectivity index (χ3n) is 8.45. The maximum atomic E-state index is 14.0. The van der Waals surface area contributed by atoms with Crippen molar-refractivity contribution >= 4 is 12.0 Å². The number of aliphatic hydroxyl groups is 2. The molecule has 0 saturated heterocycles. The molecule has 48 heavy (non-hydrogen) atoms. The van der Waals surface area contributed by atoms with Crippen molar-refractivity contribution in [2.45, 2.75) is 82.9 Å². The Morgan fingerprint density at radius 2 is 1.69 bits per heavy atom. The van der Waals surface area contributed by atoms with Crippen LogP contribution in [0.15, 0.2) is 97.6 Å². The Hall–Kier alpha value is -4.67. The van der Waals surface area contributed by atoms with Crippen LogP contribution in [-0.4, -0.2) is 62.2 Å². The molecule has 5 unspecified atom stereocenters. The second kappa shape index (κ2) is 16.0. The molecule has 0 spiro atoms. The molecule has 1 aliphatic carbocycles. The summed E-state index contributed by atoms with van der Waals surface area (Å²) in [5.74, 6) is -0.257. The van der Waals surface area contributed by atoms with E-state index in [0.29, 0.717) is 38.2 Å². The van der Waals surface area contributed by atoms with Crippen molar-refractivity contribution in [1.82, 2.24) is 20.2 Å². The minimum atomic E-state index is -1.08. The first kappa shape index (κ1) is 34.7. The average Bonchev–Trinajstić information content (AvgIpc) is 3.68. The third-order valence-corrected chi connectivity index (χ3v) is 8.45. The molecule has 5 rings (SSSR count). The van der Waals surface area contributed by atoms with E-state index in [1.54, 1.807) is 33.3 Å². The van der Waals surface area contributed by atoms with Crippen LogP contribution in [0.4, 0.5) is 4.79 Å². The summed E-state index contributed by atoms with van der Waals surface area (Å²) in [4.78, 5) is 30.9. The van der Waals surface area contributed by atoms with E-state index in [1.807, 2.05) is 89.6 Å². The van der Waals surface area contributed by atoms with E-state index in [9.17, 15) is 19.8 Å². The third kappa shape index (κ3) is 9.92. The number of fused-ring (bicyclic) bond motifs is 1. The maximum absolute atomic E-state index is 14.0. The first-order chi connectivity index (χ1) is 23.0. The molecule has 254 valence electrons. The van der Waals surface area contributed by atoms with Crippen LogP contribution in [0.3, 0.4) is 0 Å². The highest BCUT2D eigenvalue weighted by Gasteiger charge is 2.35. The van der Waals surface area contributed by atoms with Crippen LogP contribution in [0, 0.1) is 5.92 Å². The fraction of sp³-hybridized carbons (Fsp3) is 0.395. The van der Waals surface area contributed by atoms with E-state index in [1.165, 1.54) is 0 Å². The van der Waals surface area contributed by atoms with Gasteiger partial charge in [0.1, 0.15) is 18.0 Å². The van der Waals surface area contributed by atoms with Gasteiger partial charge in [-0.15, -0.1) is 0 Å². The Labute approximate surface area is 282 Å². The molecule has 10 heteroatoms. The Morgan fingerprint density at radius 1 is 0.979 bits per heavy atom. The molecule has 1 heterocycles. The highest BCUT2D eigenvalue weighted by Crippen LogP contribution is 2.32. The maximum Gasteiger partial charge on any atom is 0.407 e. The van der Waals surface area contributed by atoms with Crippen LogP contribution in [0.25, 0.3) is 0 Å². The topological polar surface area (TPSA) is 135 Å². The molecule has 0 saturated carbocycles. The zero-order chi connectivity index (χ0) is 34.1. The second-order valence-electron chi connectivity index (χ2n) is 13.4. The predicted octanol–water partition coefficient (Wildman–Crippen LogP) is 4.78. The van der Waals surface area contributed by atoms with Gasteiger partial charge < -0.3 is 34.9 Å². The fourth-order valence-corrected chi connectivity index (χ4v) is 6.06.